The van der Waals surface area contributed by atoms with Crippen LogP contribution in [0.2, 0.25) is 0 Å². The van der Waals surface area contributed by atoms with Crippen LogP contribution in [0.1, 0.15) is 5.82 Å². The number of imidazole rings is 1. The second-order valence-corrected chi connectivity index (χ2v) is 8.88. The molecule has 0 aliphatic heterocycles. The Morgan fingerprint density at radius 2 is 1.77 bits per heavy atom. The summed E-state index contributed by atoms with van der Waals surface area (Å²) in [5, 5.41) is 14.5. The highest BCUT2D eigenvalue weighted by Crippen LogP contribution is 2.32. The van der Waals surface area contributed by atoms with E-state index in [9.17, 15) is 18.5 Å². The number of aryl methyl sites for hydroxylation is 1. The molecule has 152 valence electrons. The van der Waals surface area contributed by atoms with Crippen LogP contribution < -0.4 is 5.32 Å². The SMILES string of the molecule is Cc1nc2cc(Nc3ccc(S(C)(=O)=O)cc3[N+](=O)[O-])ccc2n1-c1ccccc1. The van der Waals surface area contributed by atoms with Crippen LogP contribution in [0.5, 0.6) is 0 Å². The molecule has 0 amide bonds. The molecule has 0 radical (unpaired) electrons. The lowest BCUT2D eigenvalue weighted by molar-refractivity contribution is -0.384. The fourth-order valence-corrected chi connectivity index (χ4v) is 3.98. The van der Waals surface area contributed by atoms with E-state index in [0.29, 0.717) is 5.69 Å². The van der Waals surface area contributed by atoms with Crippen molar-refractivity contribution in [3.8, 4) is 5.69 Å². The predicted octanol–water partition coefficient (Wildman–Crippen LogP) is 4.39. The first-order valence-corrected chi connectivity index (χ1v) is 10.9. The minimum atomic E-state index is -3.55. The van der Waals surface area contributed by atoms with Crippen LogP contribution >= 0.6 is 0 Å². The fourth-order valence-electron chi connectivity index (χ4n) is 3.34. The zero-order chi connectivity index (χ0) is 21.5. The van der Waals surface area contributed by atoms with Crippen LogP contribution in [-0.2, 0) is 9.84 Å². The van der Waals surface area contributed by atoms with Gasteiger partial charge in [-0.1, -0.05) is 18.2 Å². The standard InChI is InChI=1S/C21H18N4O4S/c1-14-22-19-12-15(8-11-20(19)24(14)16-6-4-3-5-7-16)23-18-10-9-17(30(2,28)29)13-21(18)25(26)27/h3-13,23H,1-2H3. The van der Waals surface area contributed by atoms with Gasteiger partial charge in [-0.25, -0.2) is 13.4 Å². The number of aromatic nitrogens is 2. The van der Waals surface area contributed by atoms with Gasteiger partial charge >= 0.3 is 0 Å². The molecular weight excluding hydrogens is 404 g/mol. The van der Waals surface area contributed by atoms with Gasteiger partial charge in [-0.05, 0) is 49.4 Å². The van der Waals surface area contributed by atoms with Crippen LogP contribution in [0.4, 0.5) is 17.1 Å². The number of anilines is 2. The number of nitrogens with zero attached hydrogens (tertiary/aromatic N) is 3. The largest absolute Gasteiger partial charge is 0.350 e. The van der Waals surface area contributed by atoms with Gasteiger partial charge < -0.3 is 5.32 Å². The third-order valence-electron chi connectivity index (χ3n) is 4.71. The van der Waals surface area contributed by atoms with Crippen molar-refractivity contribution < 1.29 is 13.3 Å². The highest BCUT2D eigenvalue weighted by atomic mass is 32.2. The van der Waals surface area contributed by atoms with Crippen LogP contribution in [0.25, 0.3) is 16.7 Å². The molecule has 4 aromatic rings. The van der Waals surface area contributed by atoms with Gasteiger partial charge in [0.25, 0.3) is 5.69 Å². The van der Waals surface area contributed by atoms with Crippen molar-refractivity contribution in [1.29, 1.82) is 0 Å². The Kier molecular flexibility index (Phi) is 4.75. The molecule has 8 nitrogen and oxygen atoms in total. The molecule has 1 N–H and O–H groups in total. The number of para-hydroxylation sites is 1. The quantitative estimate of drug-likeness (QED) is 0.378. The summed E-state index contributed by atoms with van der Waals surface area (Å²) in [6, 6.07) is 19.1. The van der Waals surface area contributed by atoms with Crippen molar-refractivity contribution in [3.63, 3.8) is 0 Å². The van der Waals surface area contributed by atoms with E-state index in [1.54, 1.807) is 12.1 Å². The highest BCUT2D eigenvalue weighted by molar-refractivity contribution is 7.90. The summed E-state index contributed by atoms with van der Waals surface area (Å²) in [7, 11) is -3.55. The third-order valence-corrected chi connectivity index (χ3v) is 5.82. The molecule has 1 aromatic heterocycles. The fraction of sp³-hybridized carbons (Fsp3) is 0.0952. The van der Waals surface area contributed by atoms with Crippen molar-refractivity contribution >= 4 is 37.9 Å². The smallest absolute Gasteiger partial charge is 0.293 e. The van der Waals surface area contributed by atoms with Crippen LogP contribution in [0.3, 0.4) is 0 Å². The average molecular weight is 422 g/mol. The Morgan fingerprint density at radius 3 is 2.43 bits per heavy atom. The lowest BCUT2D eigenvalue weighted by atomic mass is 10.2. The second-order valence-electron chi connectivity index (χ2n) is 6.87. The van der Waals surface area contributed by atoms with Gasteiger partial charge in [0.1, 0.15) is 11.5 Å². The number of rotatable bonds is 5. The van der Waals surface area contributed by atoms with Gasteiger partial charge in [-0.3, -0.25) is 14.7 Å². The van der Waals surface area contributed by atoms with E-state index in [0.717, 1.165) is 34.9 Å². The lowest BCUT2D eigenvalue weighted by Gasteiger charge is -2.09. The van der Waals surface area contributed by atoms with E-state index < -0.39 is 14.8 Å². The maximum Gasteiger partial charge on any atom is 0.293 e. The molecule has 0 atom stereocenters. The Morgan fingerprint density at radius 1 is 1.03 bits per heavy atom. The van der Waals surface area contributed by atoms with Gasteiger partial charge in [0, 0.05) is 23.7 Å². The van der Waals surface area contributed by atoms with Crippen molar-refractivity contribution in [2.24, 2.45) is 0 Å². The Labute approximate surface area is 172 Å². The molecule has 0 saturated carbocycles. The molecule has 3 aromatic carbocycles. The van der Waals surface area contributed by atoms with E-state index in [-0.39, 0.29) is 16.3 Å². The highest BCUT2D eigenvalue weighted by Gasteiger charge is 2.19. The zero-order valence-corrected chi connectivity index (χ0v) is 17.1. The van der Waals surface area contributed by atoms with Gasteiger partial charge in [0.15, 0.2) is 9.84 Å². The molecule has 0 aliphatic rings. The molecule has 4 rings (SSSR count). The normalized spacial score (nSPS) is 11.5. The number of nitrogens with one attached hydrogen (secondary N) is 1. The Bertz CT molecular complexity index is 1380. The summed E-state index contributed by atoms with van der Waals surface area (Å²) in [6.45, 7) is 1.91. The van der Waals surface area contributed by atoms with Crippen molar-refractivity contribution in [1.82, 2.24) is 9.55 Å². The summed E-state index contributed by atoms with van der Waals surface area (Å²) >= 11 is 0. The van der Waals surface area contributed by atoms with Gasteiger partial charge in [-0.15, -0.1) is 0 Å². The van der Waals surface area contributed by atoms with Gasteiger partial charge in [0.2, 0.25) is 0 Å². The lowest BCUT2D eigenvalue weighted by Crippen LogP contribution is -2.02. The first-order valence-electron chi connectivity index (χ1n) is 9.04. The maximum absolute atomic E-state index is 11.7. The molecule has 0 fully saturated rings. The Balaban J connectivity index is 1.74. The van der Waals surface area contributed by atoms with Crippen LogP contribution in [-0.4, -0.2) is 29.1 Å². The maximum atomic E-state index is 11.7. The van der Waals surface area contributed by atoms with Crippen molar-refractivity contribution in [2.45, 2.75) is 11.8 Å². The molecule has 0 spiro atoms. The van der Waals surface area contributed by atoms with E-state index in [1.165, 1.54) is 12.1 Å². The predicted molar refractivity (Wildman–Crippen MR) is 115 cm³/mol. The summed E-state index contributed by atoms with van der Waals surface area (Å²) in [5.74, 6) is 0.817. The number of sulfone groups is 1. The van der Waals surface area contributed by atoms with Crippen LogP contribution in [0, 0.1) is 17.0 Å². The summed E-state index contributed by atoms with van der Waals surface area (Å²) < 4.78 is 25.5. The average Bonchev–Trinajstić information content (AvgIpc) is 3.02. The van der Waals surface area contributed by atoms with E-state index in [2.05, 4.69) is 10.3 Å². The molecule has 0 unspecified atom stereocenters. The number of hydrogen-bond donors (Lipinski definition) is 1. The van der Waals surface area contributed by atoms with Gasteiger partial charge in [0.05, 0.1) is 20.9 Å². The van der Waals surface area contributed by atoms with E-state index in [4.69, 9.17) is 0 Å². The number of benzene rings is 3. The minimum Gasteiger partial charge on any atom is -0.350 e. The van der Waals surface area contributed by atoms with Crippen molar-refractivity contribution in [3.05, 3.63) is 82.7 Å². The zero-order valence-electron chi connectivity index (χ0n) is 16.2. The summed E-state index contributed by atoms with van der Waals surface area (Å²) in [4.78, 5) is 15.4. The number of fused-ring (bicyclic) bond motifs is 1. The van der Waals surface area contributed by atoms with Crippen molar-refractivity contribution in [2.75, 3.05) is 11.6 Å². The first kappa shape index (κ1) is 19.6. The van der Waals surface area contributed by atoms with E-state index >= 15 is 0 Å². The number of nitro groups is 1. The molecule has 0 bridgehead atoms. The number of nitro benzene ring substituents is 1. The Hall–Kier alpha value is -3.72. The van der Waals surface area contributed by atoms with Gasteiger partial charge in [-0.2, -0.15) is 0 Å². The molecule has 0 saturated heterocycles. The number of hydrogen-bond acceptors (Lipinski definition) is 6. The first-order chi connectivity index (χ1) is 14.2. The molecule has 1 heterocycles. The summed E-state index contributed by atoms with van der Waals surface area (Å²) in [6.07, 6.45) is 1.01. The van der Waals surface area contributed by atoms with Crippen LogP contribution in [0.15, 0.2) is 71.6 Å². The monoisotopic (exact) mass is 422 g/mol. The molecule has 30 heavy (non-hydrogen) atoms. The second kappa shape index (κ2) is 7.27. The third kappa shape index (κ3) is 3.62. The van der Waals surface area contributed by atoms with E-state index in [1.807, 2.05) is 47.9 Å². The molecule has 9 heteroatoms. The minimum absolute atomic E-state index is 0.104. The molecular formula is C21H18N4O4S. The molecule has 0 aliphatic carbocycles. The topological polar surface area (TPSA) is 107 Å². The summed E-state index contributed by atoms with van der Waals surface area (Å²) in [5.41, 5.74) is 3.12.